The molecular weight excluding hydrogens is 286 g/mol. The lowest BCUT2D eigenvalue weighted by atomic mass is 10.1. The standard InChI is InChI=1S/C16H15NO5/c1-17-10-6-8(18)7-11(19)13(10)15(20)9-4-5-12(21-2)16(22-3)14(9)17/h4-7,18-19H,1-3H3. The Labute approximate surface area is 125 Å². The van der Waals surface area contributed by atoms with Crippen molar-refractivity contribution in [2.45, 2.75) is 0 Å². The molecule has 0 unspecified atom stereocenters. The Morgan fingerprint density at radius 2 is 1.82 bits per heavy atom. The van der Waals surface area contributed by atoms with Crippen molar-refractivity contribution >= 4 is 21.8 Å². The molecule has 6 nitrogen and oxygen atoms in total. The van der Waals surface area contributed by atoms with E-state index >= 15 is 0 Å². The van der Waals surface area contributed by atoms with E-state index in [4.69, 9.17) is 9.47 Å². The largest absolute Gasteiger partial charge is 0.508 e. The maximum atomic E-state index is 12.7. The van der Waals surface area contributed by atoms with Crippen LogP contribution in [0.25, 0.3) is 21.8 Å². The van der Waals surface area contributed by atoms with Gasteiger partial charge in [0.05, 0.1) is 36.0 Å². The van der Waals surface area contributed by atoms with Crippen LogP contribution in [0.3, 0.4) is 0 Å². The Bertz CT molecular complexity index is 959. The van der Waals surface area contributed by atoms with E-state index in [1.807, 2.05) is 0 Å². The summed E-state index contributed by atoms with van der Waals surface area (Å²) in [6.45, 7) is 0. The minimum absolute atomic E-state index is 0.124. The second kappa shape index (κ2) is 4.84. The van der Waals surface area contributed by atoms with Gasteiger partial charge in [0.1, 0.15) is 11.5 Å². The monoisotopic (exact) mass is 301 g/mol. The number of benzene rings is 2. The summed E-state index contributed by atoms with van der Waals surface area (Å²) in [7, 11) is 4.73. The molecule has 114 valence electrons. The summed E-state index contributed by atoms with van der Waals surface area (Å²) in [5, 5.41) is 20.3. The first-order valence-corrected chi connectivity index (χ1v) is 6.59. The molecule has 0 bridgehead atoms. The number of methoxy groups -OCH3 is 2. The fraction of sp³-hybridized carbons (Fsp3) is 0.188. The van der Waals surface area contributed by atoms with Gasteiger partial charge in [0.2, 0.25) is 5.43 Å². The molecule has 0 spiro atoms. The highest BCUT2D eigenvalue weighted by molar-refractivity contribution is 6.00. The minimum Gasteiger partial charge on any atom is -0.508 e. The topological polar surface area (TPSA) is 80.9 Å². The number of aryl methyl sites for hydroxylation is 1. The first-order chi connectivity index (χ1) is 10.5. The molecule has 0 aliphatic carbocycles. The SMILES string of the molecule is COc1ccc2c(=O)c3c(O)cc(O)cc3n(C)c2c1OC. The first kappa shape index (κ1) is 14.1. The molecule has 0 saturated carbocycles. The van der Waals surface area contributed by atoms with Gasteiger partial charge >= 0.3 is 0 Å². The first-order valence-electron chi connectivity index (χ1n) is 6.59. The maximum absolute atomic E-state index is 12.7. The molecule has 2 aromatic carbocycles. The molecule has 0 atom stereocenters. The molecular formula is C16H15NO5. The summed E-state index contributed by atoms with van der Waals surface area (Å²) in [6.07, 6.45) is 0. The van der Waals surface area contributed by atoms with Crippen molar-refractivity contribution in [2.75, 3.05) is 14.2 Å². The molecule has 0 radical (unpaired) electrons. The van der Waals surface area contributed by atoms with E-state index in [2.05, 4.69) is 0 Å². The highest BCUT2D eigenvalue weighted by atomic mass is 16.5. The maximum Gasteiger partial charge on any atom is 0.201 e. The van der Waals surface area contributed by atoms with Gasteiger partial charge in [0.15, 0.2) is 11.5 Å². The van der Waals surface area contributed by atoms with Gasteiger partial charge in [-0.2, -0.15) is 0 Å². The van der Waals surface area contributed by atoms with Crippen molar-refractivity contribution in [3.05, 3.63) is 34.5 Å². The van der Waals surface area contributed by atoms with Crippen molar-refractivity contribution in [3.8, 4) is 23.0 Å². The Hall–Kier alpha value is -2.89. The summed E-state index contributed by atoms with van der Waals surface area (Å²) in [5.74, 6) is 0.534. The summed E-state index contributed by atoms with van der Waals surface area (Å²) in [4.78, 5) is 12.7. The third kappa shape index (κ3) is 1.77. The molecule has 1 aromatic heterocycles. The second-order valence-corrected chi connectivity index (χ2v) is 4.94. The smallest absolute Gasteiger partial charge is 0.201 e. The van der Waals surface area contributed by atoms with E-state index in [-0.39, 0.29) is 22.3 Å². The fourth-order valence-corrected chi connectivity index (χ4v) is 2.78. The average Bonchev–Trinajstić information content (AvgIpc) is 2.50. The molecule has 3 aromatic rings. The Kier molecular flexibility index (Phi) is 3.09. The number of ether oxygens (including phenoxy) is 2. The Morgan fingerprint density at radius 3 is 2.45 bits per heavy atom. The van der Waals surface area contributed by atoms with Gasteiger partial charge in [0.25, 0.3) is 0 Å². The second-order valence-electron chi connectivity index (χ2n) is 4.94. The van der Waals surface area contributed by atoms with E-state index in [1.54, 1.807) is 23.7 Å². The third-order valence-corrected chi connectivity index (χ3v) is 3.77. The van der Waals surface area contributed by atoms with Crippen LogP contribution in [0.15, 0.2) is 29.1 Å². The highest BCUT2D eigenvalue weighted by Crippen LogP contribution is 2.37. The minimum atomic E-state index is -0.332. The van der Waals surface area contributed by atoms with E-state index < -0.39 is 0 Å². The lowest BCUT2D eigenvalue weighted by Gasteiger charge is -2.16. The number of aromatic hydroxyl groups is 2. The Morgan fingerprint density at radius 1 is 1.09 bits per heavy atom. The highest BCUT2D eigenvalue weighted by Gasteiger charge is 2.18. The van der Waals surface area contributed by atoms with Crippen molar-refractivity contribution in [1.82, 2.24) is 4.57 Å². The number of hydrogen-bond acceptors (Lipinski definition) is 5. The zero-order valence-corrected chi connectivity index (χ0v) is 12.4. The molecule has 0 amide bonds. The van der Waals surface area contributed by atoms with Crippen molar-refractivity contribution in [1.29, 1.82) is 0 Å². The van der Waals surface area contributed by atoms with Crippen LogP contribution in [-0.2, 0) is 7.05 Å². The quantitative estimate of drug-likeness (QED) is 0.709. The summed E-state index contributed by atoms with van der Waals surface area (Å²) < 4.78 is 12.3. The fourth-order valence-electron chi connectivity index (χ4n) is 2.78. The van der Waals surface area contributed by atoms with E-state index in [0.717, 1.165) is 6.07 Å². The summed E-state index contributed by atoms with van der Waals surface area (Å²) >= 11 is 0. The van der Waals surface area contributed by atoms with Crippen LogP contribution in [-0.4, -0.2) is 29.0 Å². The molecule has 0 aliphatic heterocycles. The van der Waals surface area contributed by atoms with Gasteiger partial charge in [-0.15, -0.1) is 0 Å². The van der Waals surface area contributed by atoms with Gasteiger partial charge in [-0.25, -0.2) is 0 Å². The van der Waals surface area contributed by atoms with Crippen molar-refractivity contribution in [3.63, 3.8) is 0 Å². The number of phenolic OH excluding ortho intramolecular Hbond substituents is 2. The number of hydrogen-bond donors (Lipinski definition) is 2. The molecule has 0 aliphatic rings. The normalized spacial score (nSPS) is 11.0. The average molecular weight is 301 g/mol. The predicted molar refractivity (Wildman–Crippen MR) is 83.1 cm³/mol. The van der Waals surface area contributed by atoms with Crippen LogP contribution >= 0.6 is 0 Å². The molecule has 0 saturated heterocycles. The van der Waals surface area contributed by atoms with Crippen molar-refractivity contribution < 1.29 is 19.7 Å². The number of pyridine rings is 1. The Balaban J connectivity index is 2.66. The van der Waals surface area contributed by atoms with Gasteiger partial charge in [-0.3, -0.25) is 4.79 Å². The van der Waals surface area contributed by atoms with Crippen molar-refractivity contribution in [2.24, 2.45) is 7.05 Å². The predicted octanol–water partition coefficient (Wildman–Crippen LogP) is 2.12. The van der Waals surface area contributed by atoms with Crippen LogP contribution in [0.5, 0.6) is 23.0 Å². The molecule has 22 heavy (non-hydrogen) atoms. The number of nitrogens with zero attached hydrogens (tertiary/aromatic N) is 1. The number of phenols is 2. The lowest BCUT2D eigenvalue weighted by Crippen LogP contribution is -2.10. The van der Waals surface area contributed by atoms with Crippen LogP contribution in [0.1, 0.15) is 0 Å². The zero-order chi connectivity index (χ0) is 16.0. The summed E-state index contributed by atoms with van der Waals surface area (Å²) in [5.41, 5.74) is 0.604. The van der Waals surface area contributed by atoms with E-state index in [0.29, 0.717) is 27.9 Å². The van der Waals surface area contributed by atoms with E-state index in [1.165, 1.54) is 20.3 Å². The zero-order valence-electron chi connectivity index (χ0n) is 12.4. The van der Waals surface area contributed by atoms with E-state index in [9.17, 15) is 15.0 Å². The lowest BCUT2D eigenvalue weighted by molar-refractivity contribution is 0.357. The van der Waals surface area contributed by atoms with Crippen LogP contribution < -0.4 is 14.9 Å². The van der Waals surface area contributed by atoms with Crippen LogP contribution in [0.4, 0.5) is 0 Å². The summed E-state index contributed by atoms with van der Waals surface area (Å²) in [6, 6.07) is 5.85. The van der Waals surface area contributed by atoms with Crippen LogP contribution in [0.2, 0.25) is 0 Å². The molecule has 3 rings (SSSR count). The van der Waals surface area contributed by atoms with Crippen LogP contribution in [0, 0.1) is 0 Å². The molecule has 1 heterocycles. The molecule has 6 heteroatoms. The molecule has 0 fully saturated rings. The molecule has 2 N–H and O–H groups in total. The number of aromatic nitrogens is 1. The van der Waals surface area contributed by atoms with Gasteiger partial charge < -0.3 is 24.3 Å². The number of rotatable bonds is 2. The third-order valence-electron chi connectivity index (χ3n) is 3.77. The van der Waals surface area contributed by atoms with Gasteiger partial charge in [-0.05, 0) is 12.1 Å². The van der Waals surface area contributed by atoms with Gasteiger partial charge in [-0.1, -0.05) is 0 Å². The number of fused-ring (bicyclic) bond motifs is 2. The van der Waals surface area contributed by atoms with Gasteiger partial charge in [0, 0.05) is 19.2 Å².